The molecule has 0 fully saturated rings. The van der Waals surface area contributed by atoms with Gasteiger partial charge in [0.05, 0.1) is 5.56 Å². The first kappa shape index (κ1) is 6.01. The molecule has 1 aromatic heterocycles. The standard InChI is InChI=1S/C6H7NO2/c1-4-5(2)9-3-7-6(4)8/h3H,1-2H3. The van der Waals surface area contributed by atoms with E-state index in [1.54, 1.807) is 13.8 Å². The SMILES string of the molecule is Cc1ocnc(=O)c1C. The highest BCUT2D eigenvalue weighted by molar-refractivity contribution is 5.07. The van der Waals surface area contributed by atoms with E-state index in [9.17, 15) is 4.79 Å². The van der Waals surface area contributed by atoms with Crippen molar-refractivity contribution in [1.29, 1.82) is 0 Å². The van der Waals surface area contributed by atoms with Crippen LogP contribution >= 0.6 is 0 Å². The number of hydrogen-bond acceptors (Lipinski definition) is 3. The Balaban J connectivity index is 3.43. The van der Waals surface area contributed by atoms with Crippen LogP contribution in [0.25, 0.3) is 0 Å². The maximum Gasteiger partial charge on any atom is 0.278 e. The zero-order chi connectivity index (χ0) is 6.85. The molecule has 0 aliphatic rings. The highest BCUT2D eigenvalue weighted by Gasteiger charge is 1.96. The van der Waals surface area contributed by atoms with E-state index in [0.29, 0.717) is 11.3 Å². The Kier molecular flexibility index (Phi) is 1.34. The van der Waals surface area contributed by atoms with Gasteiger partial charge in [0.2, 0.25) is 0 Å². The molecule has 1 aromatic rings. The van der Waals surface area contributed by atoms with Crippen LogP contribution in [-0.2, 0) is 0 Å². The molecule has 0 unspecified atom stereocenters. The molecule has 1 heterocycles. The number of rotatable bonds is 0. The molecule has 0 aliphatic heterocycles. The highest BCUT2D eigenvalue weighted by atomic mass is 16.3. The van der Waals surface area contributed by atoms with Crippen molar-refractivity contribution in [1.82, 2.24) is 4.98 Å². The van der Waals surface area contributed by atoms with E-state index in [2.05, 4.69) is 4.98 Å². The molecule has 1 rings (SSSR count). The van der Waals surface area contributed by atoms with Crippen molar-refractivity contribution in [2.45, 2.75) is 13.8 Å². The molecule has 3 nitrogen and oxygen atoms in total. The van der Waals surface area contributed by atoms with Crippen molar-refractivity contribution < 1.29 is 4.42 Å². The lowest BCUT2D eigenvalue weighted by atomic mass is 10.3. The summed E-state index contributed by atoms with van der Waals surface area (Å²) in [5, 5.41) is 0. The van der Waals surface area contributed by atoms with E-state index in [1.807, 2.05) is 0 Å². The van der Waals surface area contributed by atoms with Crippen molar-refractivity contribution in [3.63, 3.8) is 0 Å². The summed E-state index contributed by atoms with van der Waals surface area (Å²) >= 11 is 0. The van der Waals surface area contributed by atoms with Crippen molar-refractivity contribution in [2.75, 3.05) is 0 Å². The maximum absolute atomic E-state index is 10.7. The first-order chi connectivity index (χ1) is 4.22. The summed E-state index contributed by atoms with van der Waals surface area (Å²) in [4.78, 5) is 14.1. The summed E-state index contributed by atoms with van der Waals surface area (Å²) in [7, 11) is 0. The van der Waals surface area contributed by atoms with Crippen molar-refractivity contribution in [2.24, 2.45) is 0 Å². The summed E-state index contributed by atoms with van der Waals surface area (Å²) in [6.45, 7) is 3.42. The van der Waals surface area contributed by atoms with Gasteiger partial charge in [0.1, 0.15) is 5.76 Å². The molecule has 48 valence electrons. The smallest absolute Gasteiger partial charge is 0.278 e. The minimum absolute atomic E-state index is 0.209. The zero-order valence-corrected chi connectivity index (χ0v) is 5.34. The summed E-state index contributed by atoms with van der Waals surface area (Å²) in [5.74, 6) is 0.634. The van der Waals surface area contributed by atoms with Crippen LogP contribution in [0, 0.1) is 13.8 Å². The maximum atomic E-state index is 10.7. The van der Waals surface area contributed by atoms with Crippen LogP contribution in [0.2, 0.25) is 0 Å². The lowest BCUT2D eigenvalue weighted by Crippen LogP contribution is -2.08. The number of aryl methyl sites for hydroxylation is 1. The van der Waals surface area contributed by atoms with E-state index >= 15 is 0 Å². The lowest BCUT2D eigenvalue weighted by Gasteiger charge is -1.91. The zero-order valence-electron chi connectivity index (χ0n) is 5.34. The average Bonchev–Trinajstić information content (AvgIpc) is 1.83. The average molecular weight is 125 g/mol. The molecular weight excluding hydrogens is 118 g/mol. The third-order valence-electron chi connectivity index (χ3n) is 1.25. The third-order valence-corrected chi connectivity index (χ3v) is 1.25. The number of nitrogens with zero attached hydrogens (tertiary/aromatic N) is 1. The lowest BCUT2D eigenvalue weighted by molar-refractivity contribution is 0.486. The summed E-state index contributed by atoms with van der Waals surface area (Å²) in [6, 6.07) is 0. The van der Waals surface area contributed by atoms with Crippen molar-refractivity contribution >= 4 is 0 Å². The molecule has 0 aromatic carbocycles. The summed E-state index contributed by atoms with van der Waals surface area (Å²) in [6.07, 6.45) is 1.16. The van der Waals surface area contributed by atoms with Gasteiger partial charge in [-0.1, -0.05) is 0 Å². The number of aromatic nitrogens is 1. The minimum atomic E-state index is -0.209. The van der Waals surface area contributed by atoms with Gasteiger partial charge in [-0.05, 0) is 13.8 Å². The predicted molar refractivity (Wildman–Crippen MR) is 32.2 cm³/mol. The normalized spacial score (nSPS) is 9.56. The fourth-order valence-electron chi connectivity index (χ4n) is 0.489. The largest absolute Gasteiger partial charge is 0.450 e. The van der Waals surface area contributed by atoms with E-state index < -0.39 is 0 Å². The van der Waals surface area contributed by atoms with E-state index in [0.717, 1.165) is 6.39 Å². The Morgan fingerprint density at radius 1 is 1.56 bits per heavy atom. The number of hydrogen-bond donors (Lipinski definition) is 0. The molecule has 0 radical (unpaired) electrons. The van der Waals surface area contributed by atoms with Crippen molar-refractivity contribution in [3.8, 4) is 0 Å². The van der Waals surface area contributed by atoms with Crippen LogP contribution in [0.3, 0.4) is 0 Å². The molecule has 0 N–H and O–H groups in total. The van der Waals surface area contributed by atoms with Gasteiger partial charge in [0, 0.05) is 0 Å². The molecule has 0 atom stereocenters. The van der Waals surface area contributed by atoms with Gasteiger partial charge in [-0.15, -0.1) is 0 Å². The van der Waals surface area contributed by atoms with E-state index in [1.165, 1.54) is 0 Å². The van der Waals surface area contributed by atoms with Crippen LogP contribution < -0.4 is 5.56 Å². The quantitative estimate of drug-likeness (QED) is 0.511. The molecule has 9 heavy (non-hydrogen) atoms. The second kappa shape index (κ2) is 2.01. The highest BCUT2D eigenvalue weighted by Crippen LogP contribution is 1.95. The first-order valence-corrected chi connectivity index (χ1v) is 2.63. The van der Waals surface area contributed by atoms with Gasteiger partial charge < -0.3 is 4.42 Å². The molecule has 0 saturated heterocycles. The fourth-order valence-corrected chi connectivity index (χ4v) is 0.489. The van der Waals surface area contributed by atoms with Crippen LogP contribution in [0.5, 0.6) is 0 Å². The fraction of sp³-hybridized carbons (Fsp3) is 0.333. The minimum Gasteiger partial charge on any atom is -0.450 e. The Morgan fingerprint density at radius 2 is 2.22 bits per heavy atom. The summed E-state index contributed by atoms with van der Waals surface area (Å²) < 4.78 is 4.83. The Morgan fingerprint density at radius 3 is 2.67 bits per heavy atom. The van der Waals surface area contributed by atoms with Gasteiger partial charge in [0.25, 0.3) is 5.56 Å². The second-order valence-electron chi connectivity index (χ2n) is 1.84. The Labute approximate surface area is 52.3 Å². The van der Waals surface area contributed by atoms with Crippen LogP contribution in [0.1, 0.15) is 11.3 Å². The van der Waals surface area contributed by atoms with E-state index in [-0.39, 0.29) is 5.56 Å². The molecule has 0 amide bonds. The van der Waals surface area contributed by atoms with Gasteiger partial charge in [0.15, 0.2) is 6.39 Å². The molecule has 0 bridgehead atoms. The molecule has 3 heteroatoms. The monoisotopic (exact) mass is 125 g/mol. The third kappa shape index (κ3) is 0.988. The Hall–Kier alpha value is -1.12. The predicted octanol–water partition coefficient (Wildman–Crippen LogP) is 0.652. The van der Waals surface area contributed by atoms with Gasteiger partial charge in [-0.25, -0.2) is 0 Å². The van der Waals surface area contributed by atoms with Crippen LogP contribution in [0.15, 0.2) is 15.6 Å². The van der Waals surface area contributed by atoms with Gasteiger partial charge in [-0.2, -0.15) is 4.98 Å². The van der Waals surface area contributed by atoms with Gasteiger partial charge >= 0.3 is 0 Å². The molecular formula is C6H7NO2. The van der Waals surface area contributed by atoms with Crippen LogP contribution in [0.4, 0.5) is 0 Å². The van der Waals surface area contributed by atoms with E-state index in [4.69, 9.17) is 4.42 Å². The molecule has 0 saturated carbocycles. The van der Waals surface area contributed by atoms with Crippen molar-refractivity contribution in [3.05, 3.63) is 28.1 Å². The Bertz CT molecular complexity index is 264. The first-order valence-electron chi connectivity index (χ1n) is 2.63. The molecule has 0 spiro atoms. The topological polar surface area (TPSA) is 43.1 Å². The van der Waals surface area contributed by atoms with Gasteiger partial charge in [-0.3, -0.25) is 4.79 Å². The second-order valence-corrected chi connectivity index (χ2v) is 1.84. The molecule has 0 aliphatic carbocycles. The summed E-state index contributed by atoms with van der Waals surface area (Å²) in [5.41, 5.74) is 0.372. The van der Waals surface area contributed by atoms with Crippen LogP contribution in [-0.4, -0.2) is 4.98 Å².